The lowest BCUT2D eigenvalue weighted by Gasteiger charge is -2.26. The van der Waals surface area contributed by atoms with Crippen LogP contribution in [0.4, 0.5) is 0 Å². The Morgan fingerprint density at radius 1 is 1.25 bits per heavy atom. The van der Waals surface area contributed by atoms with Gasteiger partial charge >= 0.3 is 0 Å². The Kier molecular flexibility index (Phi) is 6.32. The van der Waals surface area contributed by atoms with E-state index in [1.807, 2.05) is 0 Å². The topological polar surface area (TPSA) is 35.5 Å². The summed E-state index contributed by atoms with van der Waals surface area (Å²) in [6, 6.07) is 0.819. The van der Waals surface area contributed by atoms with Crippen molar-refractivity contribution in [2.75, 3.05) is 20.6 Å². The molecular weight excluding hydrogens is 200 g/mol. The van der Waals surface area contributed by atoms with E-state index in [9.17, 15) is 5.11 Å². The van der Waals surface area contributed by atoms with Gasteiger partial charge in [-0.1, -0.05) is 19.3 Å². The molecule has 0 bridgehead atoms. The van der Waals surface area contributed by atoms with Crippen LogP contribution < -0.4 is 5.32 Å². The summed E-state index contributed by atoms with van der Waals surface area (Å²) >= 11 is 0. The standard InChI is InChI=1S/C13H28N2O/c1-11(9-10-15(2)3)14-12-7-5-4-6-8-13(12)16/h11-14,16H,4-10H2,1-3H3. The van der Waals surface area contributed by atoms with Gasteiger partial charge in [0.15, 0.2) is 0 Å². The Balaban J connectivity index is 2.27. The van der Waals surface area contributed by atoms with Gasteiger partial charge in [-0.15, -0.1) is 0 Å². The van der Waals surface area contributed by atoms with Gasteiger partial charge in [0.25, 0.3) is 0 Å². The van der Waals surface area contributed by atoms with Crippen molar-refractivity contribution in [2.24, 2.45) is 0 Å². The molecule has 3 atom stereocenters. The molecule has 16 heavy (non-hydrogen) atoms. The van der Waals surface area contributed by atoms with Crippen molar-refractivity contribution in [1.29, 1.82) is 0 Å². The van der Waals surface area contributed by atoms with Crippen LogP contribution in [-0.4, -0.2) is 48.8 Å². The van der Waals surface area contributed by atoms with Gasteiger partial charge in [-0.3, -0.25) is 0 Å². The summed E-state index contributed by atoms with van der Waals surface area (Å²) in [5.74, 6) is 0. The molecule has 1 saturated carbocycles. The van der Waals surface area contributed by atoms with E-state index in [4.69, 9.17) is 0 Å². The molecule has 2 N–H and O–H groups in total. The van der Waals surface area contributed by atoms with E-state index in [-0.39, 0.29) is 6.10 Å². The first-order chi connectivity index (χ1) is 7.59. The molecule has 1 fully saturated rings. The number of aliphatic hydroxyl groups is 1. The Morgan fingerprint density at radius 3 is 2.62 bits per heavy atom. The van der Waals surface area contributed by atoms with Crippen LogP contribution in [0.25, 0.3) is 0 Å². The third-order valence-electron chi connectivity index (χ3n) is 3.49. The second kappa shape index (κ2) is 7.25. The van der Waals surface area contributed by atoms with Crippen molar-refractivity contribution in [3.8, 4) is 0 Å². The van der Waals surface area contributed by atoms with E-state index < -0.39 is 0 Å². The van der Waals surface area contributed by atoms with Gasteiger partial charge in [0.1, 0.15) is 0 Å². The average molecular weight is 228 g/mol. The smallest absolute Gasteiger partial charge is 0.0693 e. The minimum atomic E-state index is -0.135. The van der Waals surface area contributed by atoms with Gasteiger partial charge in [0, 0.05) is 12.1 Å². The normalized spacial score (nSPS) is 29.1. The third-order valence-corrected chi connectivity index (χ3v) is 3.49. The largest absolute Gasteiger partial charge is 0.392 e. The second-order valence-electron chi connectivity index (χ2n) is 5.47. The van der Waals surface area contributed by atoms with E-state index in [1.54, 1.807) is 0 Å². The zero-order chi connectivity index (χ0) is 12.0. The number of nitrogens with one attached hydrogen (secondary N) is 1. The van der Waals surface area contributed by atoms with Crippen LogP contribution in [0.1, 0.15) is 45.4 Å². The van der Waals surface area contributed by atoms with Crippen molar-refractivity contribution < 1.29 is 5.11 Å². The molecule has 1 aliphatic carbocycles. The molecule has 0 aromatic heterocycles. The van der Waals surface area contributed by atoms with Crippen LogP contribution in [0.2, 0.25) is 0 Å². The molecule has 0 spiro atoms. The first-order valence-corrected chi connectivity index (χ1v) is 6.68. The van der Waals surface area contributed by atoms with Crippen LogP contribution in [0.3, 0.4) is 0 Å². The molecule has 3 heteroatoms. The molecule has 3 nitrogen and oxygen atoms in total. The molecule has 96 valence electrons. The first kappa shape index (κ1) is 13.9. The van der Waals surface area contributed by atoms with Gasteiger partial charge in [0.05, 0.1) is 6.10 Å². The minimum absolute atomic E-state index is 0.135. The molecule has 0 aliphatic heterocycles. The molecule has 0 heterocycles. The van der Waals surface area contributed by atoms with E-state index in [0.29, 0.717) is 12.1 Å². The van der Waals surface area contributed by atoms with Crippen LogP contribution >= 0.6 is 0 Å². The zero-order valence-electron chi connectivity index (χ0n) is 11.1. The Morgan fingerprint density at radius 2 is 1.94 bits per heavy atom. The summed E-state index contributed by atoms with van der Waals surface area (Å²) in [6.07, 6.45) is 6.84. The Labute approximate surface area is 100 Å². The first-order valence-electron chi connectivity index (χ1n) is 6.68. The van der Waals surface area contributed by atoms with Crippen molar-refractivity contribution >= 4 is 0 Å². The predicted molar refractivity (Wildman–Crippen MR) is 68.6 cm³/mol. The predicted octanol–water partition coefficient (Wildman–Crippen LogP) is 1.61. The summed E-state index contributed by atoms with van der Waals surface area (Å²) in [4.78, 5) is 2.21. The van der Waals surface area contributed by atoms with Crippen LogP contribution in [0.15, 0.2) is 0 Å². The highest BCUT2D eigenvalue weighted by atomic mass is 16.3. The van der Waals surface area contributed by atoms with Crippen LogP contribution in [0.5, 0.6) is 0 Å². The highest BCUT2D eigenvalue weighted by molar-refractivity contribution is 4.81. The van der Waals surface area contributed by atoms with Gasteiger partial charge in [0.2, 0.25) is 0 Å². The average Bonchev–Trinajstić information content (AvgIpc) is 2.42. The molecule has 0 radical (unpaired) electrons. The van der Waals surface area contributed by atoms with Crippen LogP contribution in [-0.2, 0) is 0 Å². The number of aliphatic hydroxyl groups excluding tert-OH is 1. The van der Waals surface area contributed by atoms with Gasteiger partial charge in [-0.25, -0.2) is 0 Å². The SMILES string of the molecule is CC(CCN(C)C)NC1CCCCCC1O. The quantitative estimate of drug-likeness (QED) is 0.702. The number of hydrogen-bond donors (Lipinski definition) is 2. The molecular formula is C13H28N2O. The molecule has 0 amide bonds. The maximum absolute atomic E-state index is 10.0. The van der Waals surface area contributed by atoms with Gasteiger partial charge in [-0.05, 0) is 46.8 Å². The summed E-state index contributed by atoms with van der Waals surface area (Å²) in [7, 11) is 4.21. The molecule has 1 aliphatic rings. The molecule has 3 unspecified atom stereocenters. The van der Waals surface area contributed by atoms with E-state index in [1.165, 1.54) is 19.3 Å². The Bertz CT molecular complexity index is 185. The lowest BCUT2D eigenvalue weighted by atomic mass is 10.0. The van der Waals surface area contributed by atoms with Crippen molar-refractivity contribution in [3.63, 3.8) is 0 Å². The molecule has 1 rings (SSSR count). The lowest BCUT2D eigenvalue weighted by molar-refractivity contribution is 0.113. The minimum Gasteiger partial charge on any atom is -0.392 e. The highest BCUT2D eigenvalue weighted by Gasteiger charge is 2.22. The number of hydrogen-bond acceptors (Lipinski definition) is 3. The maximum atomic E-state index is 10.0. The highest BCUT2D eigenvalue weighted by Crippen LogP contribution is 2.18. The summed E-state index contributed by atoms with van der Waals surface area (Å²) in [5, 5.41) is 13.6. The second-order valence-corrected chi connectivity index (χ2v) is 5.47. The fraction of sp³-hybridized carbons (Fsp3) is 1.00. The van der Waals surface area contributed by atoms with Crippen molar-refractivity contribution in [3.05, 3.63) is 0 Å². The zero-order valence-corrected chi connectivity index (χ0v) is 11.1. The number of nitrogens with zero attached hydrogens (tertiary/aromatic N) is 1. The van der Waals surface area contributed by atoms with Crippen LogP contribution in [0, 0.1) is 0 Å². The summed E-state index contributed by atoms with van der Waals surface area (Å²) < 4.78 is 0. The van der Waals surface area contributed by atoms with Crippen molar-refractivity contribution in [2.45, 2.75) is 63.6 Å². The molecule has 0 aromatic rings. The maximum Gasteiger partial charge on any atom is 0.0693 e. The van der Waals surface area contributed by atoms with E-state index in [0.717, 1.165) is 25.8 Å². The molecule has 0 saturated heterocycles. The van der Waals surface area contributed by atoms with E-state index in [2.05, 4.69) is 31.2 Å². The number of rotatable bonds is 5. The molecule has 0 aromatic carbocycles. The fourth-order valence-corrected chi connectivity index (χ4v) is 2.38. The van der Waals surface area contributed by atoms with Gasteiger partial charge in [-0.2, -0.15) is 0 Å². The van der Waals surface area contributed by atoms with Gasteiger partial charge < -0.3 is 15.3 Å². The van der Waals surface area contributed by atoms with E-state index >= 15 is 0 Å². The van der Waals surface area contributed by atoms with Crippen molar-refractivity contribution in [1.82, 2.24) is 10.2 Å². The lowest BCUT2D eigenvalue weighted by Crippen LogP contribution is -2.44. The summed E-state index contributed by atoms with van der Waals surface area (Å²) in [6.45, 7) is 3.33. The third kappa shape index (κ3) is 5.28. The monoisotopic (exact) mass is 228 g/mol. The summed E-state index contributed by atoms with van der Waals surface area (Å²) in [5.41, 5.74) is 0. The Hall–Kier alpha value is -0.120. The fourth-order valence-electron chi connectivity index (χ4n) is 2.38.